The number of aryl methyl sites for hydroxylation is 1. The third-order valence-corrected chi connectivity index (χ3v) is 4.62. The minimum absolute atomic E-state index is 0.149. The first-order chi connectivity index (χ1) is 10.6. The van der Waals surface area contributed by atoms with Gasteiger partial charge in [0.2, 0.25) is 5.91 Å². The Morgan fingerprint density at radius 2 is 1.74 bits per heavy atom. The smallest absolute Gasteiger partial charge is 0.408 e. The Bertz CT molecular complexity index is 554. The molecule has 0 aliphatic rings. The summed E-state index contributed by atoms with van der Waals surface area (Å²) in [5.74, 6) is -0.423. The van der Waals surface area contributed by atoms with Crippen LogP contribution in [0.2, 0.25) is 0 Å². The molecule has 0 saturated heterocycles. The van der Waals surface area contributed by atoms with Gasteiger partial charge >= 0.3 is 6.09 Å². The molecule has 2 amide bonds. The van der Waals surface area contributed by atoms with E-state index in [2.05, 4.69) is 5.32 Å². The highest BCUT2D eigenvalue weighted by atomic mass is 16.4. The average Bonchev–Trinajstić information content (AvgIpc) is 2.47. The Morgan fingerprint density at radius 3 is 2.13 bits per heavy atom. The Balaban J connectivity index is 3.02. The van der Waals surface area contributed by atoms with Crippen molar-refractivity contribution >= 4 is 12.0 Å². The van der Waals surface area contributed by atoms with E-state index in [1.165, 1.54) is 4.90 Å². The number of carbonyl (C=O) groups is 2. The van der Waals surface area contributed by atoms with Gasteiger partial charge in [0.15, 0.2) is 0 Å². The molecule has 5 heteroatoms. The van der Waals surface area contributed by atoms with Gasteiger partial charge in [0, 0.05) is 6.54 Å². The Labute approximate surface area is 138 Å². The van der Waals surface area contributed by atoms with Gasteiger partial charge in [-0.25, -0.2) is 4.79 Å². The number of carboxylic acid groups (broad SMARTS) is 1. The van der Waals surface area contributed by atoms with E-state index in [0.717, 1.165) is 11.1 Å². The fourth-order valence-electron chi connectivity index (χ4n) is 2.64. The monoisotopic (exact) mass is 320 g/mol. The van der Waals surface area contributed by atoms with Crippen LogP contribution in [0.4, 0.5) is 4.79 Å². The summed E-state index contributed by atoms with van der Waals surface area (Å²) in [4.78, 5) is 25.6. The molecule has 0 spiro atoms. The van der Waals surface area contributed by atoms with Gasteiger partial charge in [0.1, 0.15) is 5.54 Å². The van der Waals surface area contributed by atoms with Crippen molar-refractivity contribution in [3.63, 3.8) is 0 Å². The van der Waals surface area contributed by atoms with Crippen LogP contribution in [-0.2, 0) is 4.79 Å². The SMILES string of the molecule is CCN(C(=O)O)C(C)(C(=O)N[C@@H](C)c1ccc(C)cc1)C(C)C. The van der Waals surface area contributed by atoms with Crippen molar-refractivity contribution in [3.05, 3.63) is 35.4 Å². The summed E-state index contributed by atoms with van der Waals surface area (Å²) < 4.78 is 0. The molecule has 0 aromatic heterocycles. The molecule has 1 aromatic carbocycles. The predicted octanol–water partition coefficient (Wildman–Crippen LogP) is 3.59. The highest BCUT2D eigenvalue weighted by Crippen LogP contribution is 2.26. The van der Waals surface area contributed by atoms with E-state index in [4.69, 9.17) is 0 Å². The highest BCUT2D eigenvalue weighted by molar-refractivity contribution is 5.89. The Hall–Kier alpha value is -2.04. The van der Waals surface area contributed by atoms with E-state index in [1.807, 2.05) is 52.0 Å². The van der Waals surface area contributed by atoms with Crippen molar-refractivity contribution in [2.75, 3.05) is 6.54 Å². The predicted molar refractivity (Wildman–Crippen MR) is 91.4 cm³/mol. The number of benzene rings is 1. The number of hydrogen-bond donors (Lipinski definition) is 2. The number of hydrogen-bond acceptors (Lipinski definition) is 2. The summed E-state index contributed by atoms with van der Waals surface area (Å²) in [5, 5.41) is 12.4. The van der Waals surface area contributed by atoms with Crippen molar-refractivity contribution in [3.8, 4) is 0 Å². The Kier molecular flexibility index (Phi) is 6.19. The van der Waals surface area contributed by atoms with Crippen LogP contribution in [-0.4, -0.2) is 34.1 Å². The summed E-state index contributed by atoms with van der Waals surface area (Å²) in [6.45, 7) is 11.3. The summed E-state index contributed by atoms with van der Waals surface area (Å²) in [5.41, 5.74) is 1.04. The molecule has 2 N–H and O–H groups in total. The summed E-state index contributed by atoms with van der Waals surface area (Å²) >= 11 is 0. The summed E-state index contributed by atoms with van der Waals surface area (Å²) in [7, 11) is 0. The van der Waals surface area contributed by atoms with Crippen LogP contribution < -0.4 is 5.32 Å². The van der Waals surface area contributed by atoms with E-state index in [0.29, 0.717) is 0 Å². The van der Waals surface area contributed by atoms with Gasteiger partial charge in [-0.15, -0.1) is 0 Å². The summed E-state index contributed by atoms with van der Waals surface area (Å²) in [6, 6.07) is 7.75. The van der Waals surface area contributed by atoms with Crippen molar-refractivity contribution in [1.29, 1.82) is 0 Å². The average molecular weight is 320 g/mol. The van der Waals surface area contributed by atoms with E-state index in [1.54, 1.807) is 13.8 Å². The lowest BCUT2D eigenvalue weighted by atomic mass is 9.85. The molecule has 5 nitrogen and oxygen atoms in total. The molecule has 128 valence electrons. The lowest BCUT2D eigenvalue weighted by Gasteiger charge is -2.41. The fourth-order valence-corrected chi connectivity index (χ4v) is 2.64. The van der Waals surface area contributed by atoms with Crippen LogP contribution in [0.1, 0.15) is 51.8 Å². The molecule has 0 radical (unpaired) electrons. The van der Waals surface area contributed by atoms with Gasteiger partial charge in [-0.1, -0.05) is 43.7 Å². The molecule has 2 atom stereocenters. The molecule has 23 heavy (non-hydrogen) atoms. The lowest BCUT2D eigenvalue weighted by molar-refractivity contribution is -0.135. The van der Waals surface area contributed by atoms with Crippen molar-refractivity contribution in [2.45, 2.75) is 53.1 Å². The topological polar surface area (TPSA) is 69.6 Å². The molecule has 0 heterocycles. The molecule has 1 unspecified atom stereocenters. The van der Waals surface area contributed by atoms with Gasteiger partial charge in [0.25, 0.3) is 0 Å². The first kappa shape index (κ1) is 19.0. The standard InChI is InChI=1S/C18H28N2O3/c1-7-20(17(22)23)18(6,12(2)3)16(21)19-14(5)15-10-8-13(4)9-11-15/h8-12,14H,7H2,1-6H3,(H,19,21)(H,22,23)/t14-,18?/m0/s1. The third kappa shape index (κ3) is 4.03. The van der Waals surface area contributed by atoms with Crippen LogP contribution >= 0.6 is 0 Å². The fraction of sp³-hybridized carbons (Fsp3) is 0.556. The van der Waals surface area contributed by atoms with E-state index in [-0.39, 0.29) is 24.4 Å². The molecular weight excluding hydrogens is 292 g/mol. The zero-order valence-electron chi connectivity index (χ0n) is 14.9. The van der Waals surface area contributed by atoms with Gasteiger partial charge in [-0.05, 0) is 39.2 Å². The van der Waals surface area contributed by atoms with Crippen LogP contribution in [0.3, 0.4) is 0 Å². The molecular formula is C18H28N2O3. The van der Waals surface area contributed by atoms with Crippen LogP contribution in [0, 0.1) is 12.8 Å². The number of amides is 2. The van der Waals surface area contributed by atoms with Crippen molar-refractivity contribution in [2.24, 2.45) is 5.92 Å². The van der Waals surface area contributed by atoms with Gasteiger partial charge in [-0.2, -0.15) is 0 Å². The molecule has 0 aliphatic heterocycles. The second-order valence-corrected chi connectivity index (χ2v) is 6.43. The number of rotatable bonds is 6. The normalized spacial score (nSPS) is 14.9. The number of nitrogens with zero attached hydrogens (tertiary/aromatic N) is 1. The van der Waals surface area contributed by atoms with E-state index < -0.39 is 11.6 Å². The molecule has 0 bridgehead atoms. The van der Waals surface area contributed by atoms with Gasteiger partial charge in [-0.3, -0.25) is 9.69 Å². The summed E-state index contributed by atoms with van der Waals surface area (Å²) in [6.07, 6.45) is -1.08. The molecule has 0 fully saturated rings. The van der Waals surface area contributed by atoms with Crippen molar-refractivity contribution in [1.82, 2.24) is 10.2 Å². The highest BCUT2D eigenvalue weighted by Gasteiger charge is 2.44. The molecule has 1 rings (SSSR count). The van der Waals surface area contributed by atoms with Gasteiger partial charge < -0.3 is 10.4 Å². The zero-order chi connectivity index (χ0) is 17.8. The van der Waals surface area contributed by atoms with Crippen LogP contribution in [0.25, 0.3) is 0 Å². The number of carbonyl (C=O) groups excluding carboxylic acids is 1. The Morgan fingerprint density at radius 1 is 1.22 bits per heavy atom. The largest absolute Gasteiger partial charge is 0.465 e. The maximum absolute atomic E-state index is 12.8. The second kappa shape index (κ2) is 7.49. The van der Waals surface area contributed by atoms with E-state index in [9.17, 15) is 14.7 Å². The maximum Gasteiger partial charge on any atom is 0.408 e. The van der Waals surface area contributed by atoms with Crippen LogP contribution in [0.15, 0.2) is 24.3 Å². The van der Waals surface area contributed by atoms with E-state index >= 15 is 0 Å². The number of likely N-dealkylation sites (N-methyl/N-ethyl adjacent to an activating group) is 1. The lowest BCUT2D eigenvalue weighted by Crippen LogP contribution is -2.61. The zero-order valence-corrected chi connectivity index (χ0v) is 14.9. The molecule has 0 aliphatic carbocycles. The quantitative estimate of drug-likeness (QED) is 0.841. The molecule has 1 aromatic rings. The molecule has 0 saturated carbocycles. The van der Waals surface area contributed by atoms with Gasteiger partial charge in [0.05, 0.1) is 6.04 Å². The maximum atomic E-state index is 12.8. The first-order valence-corrected chi connectivity index (χ1v) is 8.02. The second-order valence-electron chi connectivity index (χ2n) is 6.43. The third-order valence-electron chi connectivity index (χ3n) is 4.62. The minimum atomic E-state index is -1.11. The van der Waals surface area contributed by atoms with Crippen molar-refractivity contribution < 1.29 is 14.7 Å². The minimum Gasteiger partial charge on any atom is -0.465 e. The number of nitrogens with one attached hydrogen (secondary N) is 1. The van der Waals surface area contributed by atoms with Crippen LogP contribution in [0.5, 0.6) is 0 Å². The first-order valence-electron chi connectivity index (χ1n) is 8.02.